The first-order valence-electron chi connectivity index (χ1n) is 2.48. The topological polar surface area (TPSA) is 95.2 Å². The summed E-state index contributed by atoms with van der Waals surface area (Å²) in [6.07, 6.45) is 0.741. The molecule has 0 spiro atoms. The van der Waals surface area contributed by atoms with E-state index in [9.17, 15) is 14.7 Å². The summed E-state index contributed by atoms with van der Waals surface area (Å²) in [5.41, 5.74) is 4.81. The van der Waals surface area contributed by atoms with E-state index < -0.39 is 12.0 Å². The summed E-state index contributed by atoms with van der Waals surface area (Å²) in [6, 6.07) is -0.796. The lowest BCUT2D eigenvalue weighted by atomic mass is 10.4. The number of hydrogen-bond donors (Lipinski definition) is 2. The summed E-state index contributed by atoms with van der Waals surface area (Å²) < 4.78 is 0. The van der Waals surface area contributed by atoms with Crippen LogP contribution in [-0.2, 0) is 4.79 Å². The normalized spacial score (nSPS) is 10.7. The van der Waals surface area contributed by atoms with Crippen LogP contribution in [0.25, 0.3) is 0 Å². The highest BCUT2D eigenvalue weighted by Gasteiger charge is 1.90. The number of carbonyl (C=O) groups is 2. The first-order chi connectivity index (χ1) is 4.52. The molecular formula is C5H7N2O3-. The average Bonchev–Trinajstić information content (AvgIpc) is 1.58. The quantitative estimate of drug-likeness (QED) is 0.451. The zero-order valence-electron chi connectivity index (χ0n) is 5.38. The number of primary amides is 1. The van der Waals surface area contributed by atoms with E-state index in [0.717, 1.165) is 6.08 Å². The number of nitrogens with one attached hydrogen (secondary N) is 1. The van der Waals surface area contributed by atoms with E-state index in [1.165, 1.54) is 6.92 Å². The van der Waals surface area contributed by atoms with Crippen molar-refractivity contribution < 1.29 is 14.7 Å². The van der Waals surface area contributed by atoms with Crippen LogP contribution in [0.4, 0.5) is 4.79 Å². The number of rotatable bonds is 2. The Balaban J connectivity index is 3.95. The maximum absolute atomic E-state index is 10.0. The Morgan fingerprint density at radius 2 is 2.10 bits per heavy atom. The molecule has 0 aliphatic rings. The highest BCUT2D eigenvalue weighted by atomic mass is 16.4. The summed E-state index contributed by atoms with van der Waals surface area (Å²) in [5, 5.41) is 11.9. The molecule has 0 unspecified atom stereocenters. The summed E-state index contributed by atoms with van der Waals surface area (Å²) in [4.78, 5) is 19.9. The maximum Gasteiger partial charge on any atom is 0.316 e. The van der Waals surface area contributed by atoms with Crippen LogP contribution < -0.4 is 16.2 Å². The van der Waals surface area contributed by atoms with Gasteiger partial charge in [-0.25, -0.2) is 4.79 Å². The van der Waals surface area contributed by atoms with Crippen LogP contribution in [0.2, 0.25) is 0 Å². The summed E-state index contributed by atoms with van der Waals surface area (Å²) in [5.74, 6) is -1.37. The minimum atomic E-state index is -1.37. The molecule has 3 N–H and O–H groups in total. The van der Waals surface area contributed by atoms with Gasteiger partial charge in [-0.3, -0.25) is 0 Å². The largest absolute Gasteiger partial charge is 0.545 e. The van der Waals surface area contributed by atoms with E-state index in [1.807, 2.05) is 0 Å². The second kappa shape index (κ2) is 3.49. The van der Waals surface area contributed by atoms with Gasteiger partial charge >= 0.3 is 6.03 Å². The van der Waals surface area contributed by atoms with Crippen molar-refractivity contribution in [1.82, 2.24) is 5.32 Å². The molecule has 5 heteroatoms. The molecule has 0 aromatic carbocycles. The molecule has 0 aliphatic heterocycles. The number of carboxylic acids is 1. The number of nitrogens with two attached hydrogens (primary N) is 1. The lowest BCUT2D eigenvalue weighted by Crippen LogP contribution is -2.29. The van der Waals surface area contributed by atoms with Crippen molar-refractivity contribution in [1.29, 1.82) is 0 Å². The minimum Gasteiger partial charge on any atom is -0.545 e. The second-order valence-electron chi connectivity index (χ2n) is 1.64. The predicted octanol–water partition coefficient (Wildman–Crippen LogP) is -1.69. The van der Waals surface area contributed by atoms with Gasteiger partial charge in [0.15, 0.2) is 0 Å². The zero-order chi connectivity index (χ0) is 8.15. The molecule has 10 heavy (non-hydrogen) atoms. The minimum absolute atomic E-state index is 0.146. The van der Waals surface area contributed by atoms with Gasteiger partial charge in [-0.05, 0) is 13.0 Å². The van der Waals surface area contributed by atoms with Gasteiger partial charge in [0.2, 0.25) is 0 Å². The molecule has 5 nitrogen and oxygen atoms in total. The predicted molar refractivity (Wildman–Crippen MR) is 31.5 cm³/mol. The fourth-order valence-corrected chi connectivity index (χ4v) is 0.407. The van der Waals surface area contributed by atoms with Gasteiger partial charge in [-0.2, -0.15) is 0 Å². The van der Waals surface area contributed by atoms with Crippen LogP contribution in [0.5, 0.6) is 0 Å². The lowest BCUT2D eigenvalue weighted by Gasteiger charge is -2.00. The molecule has 0 aromatic rings. The van der Waals surface area contributed by atoms with Crippen molar-refractivity contribution in [3.63, 3.8) is 0 Å². The third-order valence-electron chi connectivity index (χ3n) is 0.655. The van der Waals surface area contributed by atoms with Gasteiger partial charge in [-0.15, -0.1) is 0 Å². The Labute approximate surface area is 57.5 Å². The van der Waals surface area contributed by atoms with Gasteiger partial charge in [0.05, 0.1) is 5.97 Å². The molecule has 0 saturated carbocycles. The van der Waals surface area contributed by atoms with Crippen LogP contribution in [0.15, 0.2) is 11.8 Å². The van der Waals surface area contributed by atoms with Crippen molar-refractivity contribution in [2.24, 2.45) is 5.73 Å². The molecule has 0 radical (unpaired) electrons. The van der Waals surface area contributed by atoms with Crippen LogP contribution in [0.3, 0.4) is 0 Å². The molecule has 0 rings (SSSR count). The van der Waals surface area contributed by atoms with Crippen molar-refractivity contribution in [2.45, 2.75) is 6.92 Å². The standard InChI is InChI=1S/C5H8N2O3/c1-3(2-4(8)9)7-5(6)10/h2H,1H3,(H,8,9)(H3,6,7,10)/p-1. The molecule has 0 fully saturated rings. The summed E-state index contributed by atoms with van der Waals surface area (Å²) >= 11 is 0. The fraction of sp³-hybridized carbons (Fsp3) is 0.200. The molecule has 0 bridgehead atoms. The van der Waals surface area contributed by atoms with Crippen molar-refractivity contribution >= 4 is 12.0 Å². The number of aliphatic carboxylic acids is 1. The monoisotopic (exact) mass is 143 g/mol. The van der Waals surface area contributed by atoms with E-state index in [4.69, 9.17) is 0 Å². The Bertz CT molecular complexity index is 185. The number of hydrogen-bond acceptors (Lipinski definition) is 3. The van der Waals surface area contributed by atoms with Gasteiger partial charge in [0.25, 0.3) is 0 Å². The van der Waals surface area contributed by atoms with E-state index >= 15 is 0 Å². The second-order valence-corrected chi connectivity index (χ2v) is 1.64. The number of carbonyl (C=O) groups excluding carboxylic acids is 2. The first kappa shape index (κ1) is 8.48. The van der Waals surface area contributed by atoms with Crippen molar-refractivity contribution in [3.05, 3.63) is 11.8 Å². The van der Waals surface area contributed by atoms with Gasteiger partial charge in [-0.1, -0.05) is 0 Å². The van der Waals surface area contributed by atoms with Gasteiger partial charge < -0.3 is 21.0 Å². The number of allylic oxidation sites excluding steroid dienone is 1. The Morgan fingerprint density at radius 1 is 1.60 bits per heavy atom. The maximum atomic E-state index is 10.0. The SMILES string of the molecule is CC(=CC(=O)[O-])NC(N)=O. The number of amides is 2. The Hall–Kier alpha value is -1.52. The van der Waals surface area contributed by atoms with Crippen LogP contribution in [0, 0.1) is 0 Å². The molecule has 0 saturated heterocycles. The highest BCUT2D eigenvalue weighted by Crippen LogP contribution is 1.82. The van der Waals surface area contributed by atoms with Crippen molar-refractivity contribution in [2.75, 3.05) is 0 Å². The number of urea groups is 1. The summed E-state index contributed by atoms with van der Waals surface area (Å²) in [7, 11) is 0. The molecule has 0 atom stereocenters. The van der Waals surface area contributed by atoms with Crippen LogP contribution in [0.1, 0.15) is 6.92 Å². The smallest absolute Gasteiger partial charge is 0.316 e. The van der Waals surface area contributed by atoms with Gasteiger partial charge in [0, 0.05) is 5.70 Å². The van der Waals surface area contributed by atoms with Crippen molar-refractivity contribution in [3.8, 4) is 0 Å². The fourth-order valence-electron chi connectivity index (χ4n) is 0.407. The highest BCUT2D eigenvalue weighted by molar-refractivity contribution is 5.80. The van der Waals surface area contributed by atoms with E-state index in [1.54, 1.807) is 0 Å². The third-order valence-corrected chi connectivity index (χ3v) is 0.655. The van der Waals surface area contributed by atoms with E-state index in [0.29, 0.717) is 0 Å². The van der Waals surface area contributed by atoms with E-state index in [2.05, 4.69) is 11.1 Å². The summed E-state index contributed by atoms with van der Waals surface area (Å²) in [6.45, 7) is 1.39. The molecule has 2 amide bonds. The molecule has 0 aliphatic carbocycles. The molecule has 0 aromatic heterocycles. The lowest BCUT2D eigenvalue weighted by molar-refractivity contribution is -0.297. The third kappa shape index (κ3) is 4.63. The van der Waals surface area contributed by atoms with Crippen LogP contribution in [-0.4, -0.2) is 12.0 Å². The van der Waals surface area contributed by atoms with Gasteiger partial charge in [0.1, 0.15) is 0 Å². The van der Waals surface area contributed by atoms with E-state index in [-0.39, 0.29) is 5.70 Å². The van der Waals surface area contributed by atoms with Crippen LogP contribution >= 0.6 is 0 Å². The average molecular weight is 143 g/mol. The zero-order valence-corrected chi connectivity index (χ0v) is 5.38. The molecular weight excluding hydrogens is 136 g/mol. The number of carboxylic acid groups (broad SMARTS) is 1. The molecule has 0 heterocycles. The molecule has 56 valence electrons. The first-order valence-corrected chi connectivity index (χ1v) is 2.48. The Morgan fingerprint density at radius 3 is 2.40 bits per heavy atom. The Kier molecular flexibility index (Phi) is 2.96.